The van der Waals surface area contributed by atoms with Crippen LogP contribution in [0.5, 0.6) is 0 Å². The van der Waals surface area contributed by atoms with Crippen molar-refractivity contribution in [2.45, 2.75) is 23.1 Å². The fourth-order valence-corrected chi connectivity index (χ4v) is 5.91. The van der Waals surface area contributed by atoms with E-state index in [1.807, 2.05) is 47.4 Å². The second kappa shape index (κ2) is 8.73. The molecular formula is C23H26ClN4O2S+. The monoisotopic (exact) mass is 457 g/mol. The van der Waals surface area contributed by atoms with Gasteiger partial charge in [-0.05, 0) is 55.3 Å². The third kappa shape index (κ3) is 4.27. The summed E-state index contributed by atoms with van der Waals surface area (Å²) in [5.41, 5.74) is 2.59. The van der Waals surface area contributed by atoms with Gasteiger partial charge in [0.25, 0.3) is 11.8 Å². The van der Waals surface area contributed by atoms with Crippen LogP contribution < -0.4 is 15.1 Å². The Balaban J connectivity index is 1.24. The summed E-state index contributed by atoms with van der Waals surface area (Å²) in [5.74, 6) is 0.0869. The average molecular weight is 458 g/mol. The Labute approximate surface area is 191 Å². The molecule has 31 heavy (non-hydrogen) atoms. The van der Waals surface area contributed by atoms with Crippen LogP contribution in [-0.4, -0.2) is 61.4 Å². The van der Waals surface area contributed by atoms with Crippen LogP contribution in [0.1, 0.15) is 23.2 Å². The van der Waals surface area contributed by atoms with Gasteiger partial charge in [0.1, 0.15) is 0 Å². The number of carbonyl (C=O) groups is 2. The summed E-state index contributed by atoms with van der Waals surface area (Å²) >= 11 is 7.62. The Bertz CT molecular complexity index is 986. The van der Waals surface area contributed by atoms with Gasteiger partial charge in [-0.25, -0.2) is 0 Å². The van der Waals surface area contributed by atoms with Gasteiger partial charge in [0.05, 0.1) is 31.9 Å². The lowest BCUT2D eigenvalue weighted by atomic mass is 10.1. The number of halogens is 1. The zero-order valence-electron chi connectivity index (χ0n) is 17.3. The molecule has 0 saturated carbocycles. The van der Waals surface area contributed by atoms with Gasteiger partial charge in [-0.2, -0.15) is 0 Å². The van der Waals surface area contributed by atoms with Gasteiger partial charge < -0.3 is 20.0 Å². The molecule has 8 heteroatoms. The number of hydrogen-bond acceptors (Lipinski definition) is 4. The maximum atomic E-state index is 12.9. The zero-order valence-corrected chi connectivity index (χ0v) is 18.8. The molecule has 5 rings (SSSR count). The summed E-state index contributed by atoms with van der Waals surface area (Å²) < 4.78 is 0. The second-order valence-electron chi connectivity index (χ2n) is 8.32. The highest BCUT2D eigenvalue weighted by Gasteiger charge is 2.37. The maximum absolute atomic E-state index is 12.9. The first-order chi connectivity index (χ1) is 15.1. The van der Waals surface area contributed by atoms with Crippen LogP contribution in [0.2, 0.25) is 5.02 Å². The lowest BCUT2D eigenvalue weighted by Gasteiger charge is -2.38. The molecule has 3 aliphatic rings. The van der Waals surface area contributed by atoms with Gasteiger partial charge in [-0.15, -0.1) is 0 Å². The first-order valence-corrected chi connectivity index (χ1v) is 12.1. The van der Waals surface area contributed by atoms with Crippen molar-refractivity contribution in [2.24, 2.45) is 0 Å². The van der Waals surface area contributed by atoms with Crippen molar-refractivity contribution in [1.82, 2.24) is 4.90 Å². The number of nitrogens with zero attached hydrogens (tertiary/aromatic N) is 2. The summed E-state index contributed by atoms with van der Waals surface area (Å²) in [6.07, 6.45) is 2.14. The van der Waals surface area contributed by atoms with Gasteiger partial charge in [0, 0.05) is 34.3 Å². The highest BCUT2D eigenvalue weighted by molar-refractivity contribution is 8.00. The first kappa shape index (κ1) is 20.7. The lowest BCUT2D eigenvalue weighted by Crippen LogP contribution is -3.19. The van der Waals surface area contributed by atoms with Crippen molar-refractivity contribution >= 4 is 46.6 Å². The molecule has 2 fully saturated rings. The van der Waals surface area contributed by atoms with Gasteiger partial charge >= 0.3 is 0 Å². The molecule has 0 radical (unpaired) electrons. The highest BCUT2D eigenvalue weighted by atomic mass is 35.5. The topological polar surface area (TPSA) is 57.1 Å². The van der Waals surface area contributed by atoms with Gasteiger partial charge in [-0.1, -0.05) is 23.4 Å². The van der Waals surface area contributed by atoms with Crippen molar-refractivity contribution in [2.75, 3.05) is 49.5 Å². The number of benzene rings is 2. The number of nitrogens with one attached hydrogen (secondary N) is 2. The number of thioether (sulfide) groups is 1. The van der Waals surface area contributed by atoms with E-state index in [4.69, 9.17) is 11.6 Å². The predicted molar refractivity (Wildman–Crippen MR) is 124 cm³/mol. The molecule has 2 aromatic carbocycles. The van der Waals surface area contributed by atoms with Crippen molar-refractivity contribution in [3.05, 3.63) is 53.1 Å². The minimum atomic E-state index is -0.167. The number of likely N-dealkylation sites (tertiary alicyclic amines) is 1. The number of fused-ring (bicyclic) bond motifs is 1. The maximum Gasteiger partial charge on any atom is 0.294 e. The highest BCUT2D eigenvalue weighted by Crippen LogP contribution is 2.35. The van der Waals surface area contributed by atoms with Crippen molar-refractivity contribution in [3.8, 4) is 0 Å². The van der Waals surface area contributed by atoms with Crippen molar-refractivity contribution in [1.29, 1.82) is 0 Å². The minimum absolute atomic E-state index is 0.0261. The fourth-order valence-electron chi connectivity index (χ4n) is 4.58. The van der Waals surface area contributed by atoms with Crippen molar-refractivity contribution < 1.29 is 14.5 Å². The number of anilines is 2. The van der Waals surface area contributed by atoms with E-state index in [0.717, 1.165) is 67.7 Å². The molecule has 2 amide bonds. The molecule has 3 aliphatic heterocycles. The Hall–Kier alpha value is -2.22. The van der Waals surface area contributed by atoms with E-state index in [1.54, 1.807) is 11.8 Å². The molecule has 0 aromatic heterocycles. The number of amides is 2. The number of piperazine rings is 1. The first-order valence-electron chi connectivity index (χ1n) is 10.8. The molecule has 0 spiro atoms. The fraction of sp³-hybridized carbons (Fsp3) is 0.391. The molecule has 1 unspecified atom stereocenters. The summed E-state index contributed by atoms with van der Waals surface area (Å²) in [7, 11) is 0. The van der Waals surface area contributed by atoms with Crippen LogP contribution in [0.25, 0.3) is 0 Å². The van der Waals surface area contributed by atoms with Gasteiger partial charge in [-0.3, -0.25) is 9.59 Å². The summed E-state index contributed by atoms with van der Waals surface area (Å²) in [6, 6.07) is 13.7. The van der Waals surface area contributed by atoms with Crippen LogP contribution in [0.4, 0.5) is 11.4 Å². The molecular weight excluding hydrogens is 432 g/mol. The van der Waals surface area contributed by atoms with E-state index in [9.17, 15) is 9.59 Å². The number of rotatable bonds is 3. The molecule has 2 saturated heterocycles. The van der Waals surface area contributed by atoms with Gasteiger partial charge in [0.15, 0.2) is 0 Å². The smallest absolute Gasteiger partial charge is 0.294 e. The van der Waals surface area contributed by atoms with Crippen LogP contribution in [0.15, 0.2) is 47.4 Å². The molecule has 162 valence electrons. The molecule has 2 aromatic rings. The van der Waals surface area contributed by atoms with Crippen LogP contribution in [0, 0.1) is 0 Å². The number of carbonyl (C=O) groups excluding carboxylic acids is 2. The largest absolute Gasteiger partial charge is 0.360 e. The Morgan fingerprint density at radius 3 is 2.45 bits per heavy atom. The standard InChI is InChI=1S/C23H25ClN4O2S/c24-17-4-6-18(7-5-17)26-11-13-28(14-12-26)23-21(29)25-19-15-16(3-8-20(19)31-23)22(30)27-9-1-2-10-27/h3-8,15,23H,1-2,9-14H2,(H,25,29)/p+1. The molecule has 0 aliphatic carbocycles. The Morgan fingerprint density at radius 1 is 1.03 bits per heavy atom. The van der Waals surface area contributed by atoms with E-state index < -0.39 is 0 Å². The van der Waals surface area contributed by atoms with E-state index >= 15 is 0 Å². The van der Waals surface area contributed by atoms with E-state index in [2.05, 4.69) is 10.2 Å². The summed E-state index contributed by atoms with van der Waals surface area (Å²) in [4.78, 5) is 32.2. The molecule has 2 N–H and O–H groups in total. The number of quaternary nitrogens is 1. The lowest BCUT2D eigenvalue weighted by molar-refractivity contribution is -0.902. The SMILES string of the molecule is O=C1Nc2cc(C(=O)N3CCCC3)ccc2SC1[NH+]1CCN(c2ccc(Cl)cc2)CC1. The molecule has 6 nitrogen and oxygen atoms in total. The number of hydrogen-bond donors (Lipinski definition) is 2. The van der Waals surface area contributed by atoms with Crippen molar-refractivity contribution in [3.63, 3.8) is 0 Å². The average Bonchev–Trinajstić information content (AvgIpc) is 3.33. The third-order valence-corrected chi connectivity index (χ3v) is 7.97. The molecule has 1 atom stereocenters. The summed E-state index contributed by atoms with van der Waals surface area (Å²) in [5, 5.41) is 3.64. The Kier molecular flexibility index (Phi) is 5.82. The van der Waals surface area contributed by atoms with Gasteiger partial charge in [0.2, 0.25) is 5.37 Å². The Morgan fingerprint density at radius 2 is 1.74 bits per heavy atom. The van der Waals surface area contributed by atoms with E-state index in [0.29, 0.717) is 5.56 Å². The minimum Gasteiger partial charge on any atom is -0.360 e. The summed E-state index contributed by atoms with van der Waals surface area (Å²) in [6.45, 7) is 5.24. The van der Waals surface area contributed by atoms with Crippen LogP contribution in [0.3, 0.4) is 0 Å². The predicted octanol–water partition coefficient (Wildman–Crippen LogP) is 2.35. The zero-order chi connectivity index (χ0) is 21.4. The van der Waals surface area contributed by atoms with E-state index in [1.165, 1.54) is 10.6 Å². The van der Waals surface area contributed by atoms with Crippen LogP contribution in [-0.2, 0) is 4.79 Å². The van der Waals surface area contributed by atoms with Crippen LogP contribution >= 0.6 is 23.4 Å². The third-order valence-electron chi connectivity index (χ3n) is 6.33. The molecule has 3 heterocycles. The second-order valence-corrected chi connectivity index (χ2v) is 9.90. The molecule has 0 bridgehead atoms. The quantitative estimate of drug-likeness (QED) is 0.743. The normalized spacial score (nSPS) is 21.7. The van der Waals surface area contributed by atoms with E-state index in [-0.39, 0.29) is 17.2 Å².